The minimum absolute atomic E-state index is 0. The summed E-state index contributed by atoms with van der Waals surface area (Å²) in [4.78, 5) is 6.17. The van der Waals surface area contributed by atoms with Crippen molar-refractivity contribution in [3.05, 3.63) is 26.1 Å². The molecule has 0 bridgehead atoms. The molecular formula is C4H7ClN2Zn. The van der Waals surface area contributed by atoms with Crippen LogP contribution in [0.1, 0.15) is 0 Å². The van der Waals surface area contributed by atoms with Crippen LogP contribution in [-0.2, 0) is 19.5 Å². The predicted molar refractivity (Wildman–Crippen MR) is 31.1 cm³/mol. The predicted octanol–water partition coefficient (Wildman–Crippen LogP) is 1.08. The van der Waals surface area contributed by atoms with E-state index >= 15 is 0 Å². The van der Waals surface area contributed by atoms with Gasteiger partial charge in [-0.3, -0.25) is 0 Å². The standard InChI is InChI=1S/C3H3N2.CH3.ClH.Zn/c1-2-5-3-4-1;;;/h1-2H,(H,4,5);1H3;1H;/q2*-1;;+2. The number of nitrogens with zero attached hydrogens (tertiary/aromatic N) is 1. The summed E-state index contributed by atoms with van der Waals surface area (Å²) < 4.78 is 0. The minimum Gasteiger partial charge on any atom is -0.467 e. The van der Waals surface area contributed by atoms with Crippen LogP contribution in [0.2, 0.25) is 0 Å². The maximum Gasteiger partial charge on any atom is 2.00 e. The average Bonchev–Trinajstić information content (AvgIpc) is 1.76. The van der Waals surface area contributed by atoms with Gasteiger partial charge < -0.3 is 17.4 Å². The van der Waals surface area contributed by atoms with Gasteiger partial charge in [-0.25, -0.2) is 0 Å². The van der Waals surface area contributed by atoms with Gasteiger partial charge in [-0.05, 0) is 6.33 Å². The molecule has 0 spiro atoms. The Morgan fingerprint density at radius 1 is 1.50 bits per heavy atom. The SMILES string of the molecule is Cl.[CH3-].[Zn+2].[c-]1ncc[nH]1. The molecule has 0 fully saturated rings. The Morgan fingerprint density at radius 3 is 2.25 bits per heavy atom. The van der Waals surface area contributed by atoms with Crippen molar-refractivity contribution in [2.75, 3.05) is 0 Å². The van der Waals surface area contributed by atoms with Gasteiger partial charge in [0, 0.05) is 0 Å². The third-order valence-electron chi connectivity index (χ3n) is 0.362. The van der Waals surface area contributed by atoms with Gasteiger partial charge in [-0.2, -0.15) is 0 Å². The third kappa shape index (κ3) is 6.12. The van der Waals surface area contributed by atoms with E-state index < -0.39 is 0 Å². The molecule has 0 unspecified atom stereocenters. The maximum absolute atomic E-state index is 3.54. The van der Waals surface area contributed by atoms with E-state index in [2.05, 4.69) is 16.3 Å². The molecule has 0 aliphatic heterocycles. The van der Waals surface area contributed by atoms with Crippen LogP contribution < -0.4 is 0 Å². The van der Waals surface area contributed by atoms with Crippen molar-refractivity contribution >= 4 is 12.4 Å². The van der Waals surface area contributed by atoms with Crippen LogP contribution in [0, 0.1) is 13.8 Å². The molecule has 0 saturated carbocycles. The van der Waals surface area contributed by atoms with Gasteiger partial charge in [0.2, 0.25) is 0 Å². The first kappa shape index (κ1) is 15.7. The number of imidazole rings is 1. The molecule has 42 valence electrons. The Bertz CT molecular complexity index is 70.5. The number of hydrogen-bond donors (Lipinski definition) is 1. The molecule has 8 heavy (non-hydrogen) atoms. The van der Waals surface area contributed by atoms with Crippen LogP contribution in [0.3, 0.4) is 0 Å². The number of H-pyrrole nitrogens is 1. The monoisotopic (exact) mass is 182 g/mol. The van der Waals surface area contributed by atoms with Gasteiger partial charge in [0.25, 0.3) is 0 Å². The van der Waals surface area contributed by atoms with Crippen LogP contribution >= 0.6 is 12.4 Å². The Kier molecular flexibility index (Phi) is 20.0. The fourth-order valence-electron chi connectivity index (χ4n) is 0.186. The smallest absolute Gasteiger partial charge is 0.467 e. The quantitative estimate of drug-likeness (QED) is 0.474. The first-order valence-electron chi connectivity index (χ1n) is 1.35. The molecule has 4 heteroatoms. The number of halogens is 1. The normalized spacial score (nSPS) is 5.00. The first-order chi connectivity index (χ1) is 2.50. The summed E-state index contributed by atoms with van der Waals surface area (Å²) in [6.07, 6.45) is 5.83. The van der Waals surface area contributed by atoms with Crippen LogP contribution in [0.15, 0.2) is 12.4 Å². The van der Waals surface area contributed by atoms with Crippen molar-refractivity contribution in [2.24, 2.45) is 0 Å². The maximum atomic E-state index is 3.54. The van der Waals surface area contributed by atoms with Crippen molar-refractivity contribution in [1.82, 2.24) is 9.97 Å². The van der Waals surface area contributed by atoms with E-state index in [1.165, 1.54) is 0 Å². The van der Waals surface area contributed by atoms with Crippen molar-refractivity contribution < 1.29 is 19.5 Å². The van der Waals surface area contributed by atoms with E-state index in [9.17, 15) is 0 Å². The number of rotatable bonds is 0. The Hall–Kier alpha value is 0.123. The zero-order valence-electron chi connectivity index (χ0n) is 4.72. The zero-order chi connectivity index (χ0) is 3.54. The fraction of sp³-hybridized carbons (Fsp3) is 0. The minimum atomic E-state index is 0. The summed E-state index contributed by atoms with van der Waals surface area (Å²) in [6, 6.07) is 0. The van der Waals surface area contributed by atoms with Gasteiger partial charge in [-0.15, -0.1) is 24.8 Å². The molecule has 1 aromatic heterocycles. The summed E-state index contributed by atoms with van der Waals surface area (Å²) in [5, 5.41) is 0. The van der Waals surface area contributed by atoms with Crippen molar-refractivity contribution in [3.63, 3.8) is 0 Å². The van der Waals surface area contributed by atoms with Crippen LogP contribution in [-0.4, -0.2) is 9.97 Å². The summed E-state index contributed by atoms with van der Waals surface area (Å²) in [7, 11) is 0. The van der Waals surface area contributed by atoms with E-state index in [-0.39, 0.29) is 39.3 Å². The van der Waals surface area contributed by atoms with Crippen molar-refractivity contribution in [2.45, 2.75) is 0 Å². The Morgan fingerprint density at radius 2 is 2.12 bits per heavy atom. The molecule has 0 atom stereocenters. The summed E-state index contributed by atoms with van der Waals surface area (Å²) in [5.74, 6) is 0. The van der Waals surface area contributed by atoms with Crippen molar-refractivity contribution in [1.29, 1.82) is 0 Å². The molecule has 2 nitrogen and oxygen atoms in total. The molecular weight excluding hydrogens is 177 g/mol. The van der Waals surface area contributed by atoms with Gasteiger partial charge >= 0.3 is 19.5 Å². The average molecular weight is 184 g/mol. The molecule has 1 rings (SSSR count). The van der Waals surface area contributed by atoms with Crippen LogP contribution in [0.4, 0.5) is 0 Å². The summed E-state index contributed by atoms with van der Waals surface area (Å²) >= 11 is 0. The number of hydrogen-bond acceptors (Lipinski definition) is 1. The Labute approximate surface area is 68.3 Å². The molecule has 0 saturated heterocycles. The van der Waals surface area contributed by atoms with Gasteiger partial charge in [0.05, 0.1) is 0 Å². The van der Waals surface area contributed by atoms with Crippen LogP contribution in [0.25, 0.3) is 0 Å². The van der Waals surface area contributed by atoms with Gasteiger partial charge in [0.1, 0.15) is 0 Å². The topological polar surface area (TPSA) is 28.7 Å². The number of aromatic nitrogens is 2. The molecule has 1 heterocycles. The molecule has 0 aliphatic rings. The molecule has 1 aromatic rings. The second-order valence-corrected chi connectivity index (χ2v) is 0.701. The first-order valence-corrected chi connectivity index (χ1v) is 1.35. The fourth-order valence-corrected chi connectivity index (χ4v) is 0.186. The third-order valence-corrected chi connectivity index (χ3v) is 0.362. The number of aromatic amines is 1. The second-order valence-electron chi connectivity index (χ2n) is 0.701. The van der Waals surface area contributed by atoms with Crippen LogP contribution in [0.5, 0.6) is 0 Å². The van der Waals surface area contributed by atoms with Crippen molar-refractivity contribution in [3.8, 4) is 0 Å². The van der Waals surface area contributed by atoms with E-state index in [0.717, 1.165) is 0 Å². The van der Waals surface area contributed by atoms with E-state index in [1.807, 2.05) is 0 Å². The molecule has 0 aromatic carbocycles. The molecule has 0 aliphatic carbocycles. The van der Waals surface area contributed by atoms with E-state index in [1.54, 1.807) is 12.4 Å². The molecule has 0 radical (unpaired) electrons. The zero-order valence-corrected chi connectivity index (χ0v) is 8.50. The molecule has 1 N–H and O–H groups in total. The number of nitrogens with one attached hydrogen (secondary N) is 1. The van der Waals surface area contributed by atoms with Gasteiger partial charge in [-0.1, -0.05) is 0 Å². The second kappa shape index (κ2) is 10.2. The molecule has 0 amide bonds. The summed E-state index contributed by atoms with van der Waals surface area (Å²) in [6.45, 7) is 0. The van der Waals surface area contributed by atoms with E-state index in [4.69, 9.17) is 0 Å². The largest absolute Gasteiger partial charge is 2.00 e. The van der Waals surface area contributed by atoms with Gasteiger partial charge in [0.15, 0.2) is 0 Å². The Balaban J connectivity index is -0.0000000833. The van der Waals surface area contributed by atoms with E-state index in [0.29, 0.717) is 0 Å². The summed E-state index contributed by atoms with van der Waals surface area (Å²) in [5.41, 5.74) is 0.